The van der Waals surface area contributed by atoms with Gasteiger partial charge in [-0.3, -0.25) is 9.36 Å². The van der Waals surface area contributed by atoms with Gasteiger partial charge in [0.25, 0.3) is 5.56 Å². The van der Waals surface area contributed by atoms with Gasteiger partial charge in [-0.1, -0.05) is 38.9 Å². The number of aromatic nitrogens is 4. The summed E-state index contributed by atoms with van der Waals surface area (Å²) in [5.41, 5.74) is 0.715. The summed E-state index contributed by atoms with van der Waals surface area (Å²) in [4.78, 5) is 22.9. The molecule has 3 heterocycles. The van der Waals surface area contributed by atoms with Crippen molar-refractivity contribution in [3.05, 3.63) is 56.4 Å². The Morgan fingerprint density at radius 3 is 2.96 bits per heavy atom. The van der Waals surface area contributed by atoms with E-state index < -0.39 is 0 Å². The van der Waals surface area contributed by atoms with Crippen LogP contribution in [0.2, 0.25) is 0 Å². The monoisotopic (exact) mass is 476 g/mol. The van der Waals surface area contributed by atoms with Crippen molar-refractivity contribution in [3.63, 3.8) is 0 Å². The summed E-state index contributed by atoms with van der Waals surface area (Å²) >= 11 is 6.59. The summed E-state index contributed by atoms with van der Waals surface area (Å²) in [7, 11) is 0. The van der Waals surface area contributed by atoms with Crippen molar-refractivity contribution in [1.82, 2.24) is 19.7 Å². The Hall–Kier alpha value is -1.97. The highest BCUT2D eigenvalue weighted by atomic mass is 79.9. The second-order valence-corrected chi connectivity index (χ2v) is 8.97. The first-order valence-electron chi connectivity index (χ1n) is 8.85. The number of thiophene rings is 1. The van der Waals surface area contributed by atoms with Gasteiger partial charge in [-0.05, 0) is 43.0 Å². The maximum Gasteiger partial charge on any atom is 0.262 e. The van der Waals surface area contributed by atoms with Gasteiger partial charge in [0.2, 0.25) is 11.7 Å². The quantitative estimate of drug-likeness (QED) is 0.212. The van der Waals surface area contributed by atoms with Gasteiger partial charge in [-0.15, -0.1) is 11.3 Å². The molecule has 0 aliphatic carbocycles. The lowest BCUT2D eigenvalue weighted by atomic mass is 10.2. The number of thioether (sulfide) groups is 1. The Balaban J connectivity index is 1.43. The molecule has 0 radical (unpaired) electrons. The molecule has 0 saturated heterocycles. The lowest BCUT2D eigenvalue weighted by Crippen LogP contribution is -2.22. The molecule has 0 bridgehead atoms. The van der Waals surface area contributed by atoms with E-state index in [0.717, 1.165) is 32.2 Å². The molecule has 4 aromatic rings. The molecule has 4 rings (SSSR count). The molecule has 0 unspecified atom stereocenters. The van der Waals surface area contributed by atoms with Crippen molar-refractivity contribution in [1.29, 1.82) is 0 Å². The van der Waals surface area contributed by atoms with E-state index in [1.165, 1.54) is 0 Å². The van der Waals surface area contributed by atoms with Crippen LogP contribution in [0.1, 0.15) is 19.2 Å². The molecule has 6 nitrogen and oxygen atoms in total. The minimum atomic E-state index is -0.00575. The van der Waals surface area contributed by atoms with Gasteiger partial charge < -0.3 is 4.52 Å². The topological polar surface area (TPSA) is 73.8 Å². The molecule has 0 amide bonds. The van der Waals surface area contributed by atoms with E-state index in [-0.39, 0.29) is 5.56 Å². The zero-order valence-corrected chi connectivity index (χ0v) is 18.3. The molecule has 0 spiro atoms. The zero-order chi connectivity index (χ0) is 19.5. The molecular weight excluding hydrogens is 460 g/mol. The number of benzene rings is 1. The number of hydrogen-bond donors (Lipinski definition) is 0. The predicted molar refractivity (Wildman–Crippen MR) is 116 cm³/mol. The van der Waals surface area contributed by atoms with E-state index in [4.69, 9.17) is 4.52 Å². The molecule has 28 heavy (non-hydrogen) atoms. The highest BCUT2D eigenvalue weighted by Gasteiger charge is 2.12. The largest absolute Gasteiger partial charge is 0.339 e. The second-order valence-electron chi connectivity index (χ2n) is 6.05. The number of nitrogens with zero attached hydrogens (tertiary/aromatic N) is 4. The summed E-state index contributed by atoms with van der Waals surface area (Å²) < 4.78 is 7.94. The van der Waals surface area contributed by atoms with Crippen LogP contribution >= 0.6 is 39.0 Å². The zero-order valence-electron chi connectivity index (χ0n) is 15.1. The van der Waals surface area contributed by atoms with E-state index in [2.05, 4.69) is 31.1 Å². The van der Waals surface area contributed by atoms with Crippen LogP contribution in [0.4, 0.5) is 0 Å². The van der Waals surface area contributed by atoms with Crippen LogP contribution in [0.5, 0.6) is 0 Å². The minimum absolute atomic E-state index is 0.00575. The molecule has 0 aliphatic heterocycles. The van der Waals surface area contributed by atoms with Crippen molar-refractivity contribution in [3.8, 4) is 10.7 Å². The van der Waals surface area contributed by atoms with Crippen LogP contribution in [0.25, 0.3) is 21.6 Å². The van der Waals surface area contributed by atoms with Crippen molar-refractivity contribution in [2.45, 2.75) is 31.5 Å². The van der Waals surface area contributed by atoms with Crippen molar-refractivity contribution >= 4 is 49.9 Å². The molecule has 0 saturated carbocycles. The smallest absolute Gasteiger partial charge is 0.262 e. The van der Waals surface area contributed by atoms with E-state index in [1.807, 2.05) is 42.6 Å². The molecule has 0 atom stereocenters. The van der Waals surface area contributed by atoms with Gasteiger partial charge in [0, 0.05) is 23.2 Å². The van der Waals surface area contributed by atoms with Gasteiger partial charge in [-0.2, -0.15) is 4.98 Å². The third kappa shape index (κ3) is 4.06. The van der Waals surface area contributed by atoms with Gasteiger partial charge in [0.15, 0.2) is 5.16 Å². The Bertz CT molecular complexity index is 1150. The van der Waals surface area contributed by atoms with Crippen molar-refractivity contribution in [2.24, 2.45) is 0 Å². The fourth-order valence-electron chi connectivity index (χ4n) is 2.81. The van der Waals surface area contributed by atoms with Gasteiger partial charge in [-0.25, -0.2) is 4.98 Å². The minimum Gasteiger partial charge on any atom is -0.339 e. The average Bonchev–Trinajstić information content (AvgIpc) is 3.38. The molecule has 144 valence electrons. The SMILES string of the molecule is CCn1c(SCCCc2nc(-c3cccs3)no2)nc2ccc(Br)cc2c1=O. The van der Waals surface area contributed by atoms with Gasteiger partial charge >= 0.3 is 0 Å². The third-order valence-electron chi connectivity index (χ3n) is 4.17. The van der Waals surface area contributed by atoms with Crippen LogP contribution in [0.15, 0.2) is 54.7 Å². The van der Waals surface area contributed by atoms with E-state index >= 15 is 0 Å². The van der Waals surface area contributed by atoms with Crippen LogP contribution in [0, 0.1) is 0 Å². The van der Waals surface area contributed by atoms with Crippen molar-refractivity contribution in [2.75, 3.05) is 5.75 Å². The number of rotatable bonds is 7. The Morgan fingerprint density at radius 1 is 1.29 bits per heavy atom. The fourth-order valence-corrected chi connectivity index (χ4v) is 4.82. The molecule has 1 aromatic carbocycles. The van der Waals surface area contributed by atoms with Crippen LogP contribution in [0.3, 0.4) is 0 Å². The molecular formula is C19H17BrN4O2S2. The van der Waals surface area contributed by atoms with Crippen LogP contribution in [-0.2, 0) is 13.0 Å². The first-order valence-corrected chi connectivity index (χ1v) is 11.5. The number of hydrogen-bond acceptors (Lipinski definition) is 7. The maximum absolute atomic E-state index is 12.8. The second kappa shape index (κ2) is 8.59. The lowest BCUT2D eigenvalue weighted by molar-refractivity contribution is 0.378. The Morgan fingerprint density at radius 2 is 2.18 bits per heavy atom. The standard InChI is InChI=1S/C19H17BrN4O2S2/c1-2-24-18(25)13-11-12(20)7-8-14(13)21-19(24)28-10-4-6-16-22-17(23-26-16)15-5-3-9-27-15/h3,5,7-9,11H,2,4,6,10H2,1H3. The third-order valence-corrected chi connectivity index (χ3v) is 6.59. The van der Waals surface area contributed by atoms with E-state index in [9.17, 15) is 4.79 Å². The molecule has 3 aromatic heterocycles. The average molecular weight is 477 g/mol. The first-order chi connectivity index (χ1) is 13.7. The predicted octanol–water partition coefficient (Wildman–Crippen LogP) is 5.02. The van der Waals surface area contributed by atoms with E-state index in [1.54, 1.807) is 27.7 Å². The summed E-state index contributed by atoms with van der Waals surface area (Å²) in [6.07, 6.45) is 1.55. The highest BCUT2D eigenvalue weighted by molar-refractivity contribution is 9.10. The fraction of sp³-hybridized carbons (Fsp3) is 0.263. The number of halogens is 1. The highest BCUT2D eigenvalue weighted by Crippen LogP contribution is 2.23. The summed E-state index contributed by atoms with van der Waals surface area (Å²) in [5, 5.41) is 7.40. The van der Waals surface area contributed by atoms with E-state index in [0.29, 0.717) is 30.1 Å². The maximum atomic E-state index is 12.8. The molecule has 9 heteroatoms. The summed E-state index contributed by atoms with van der Waals surface area (Å²) in [6, 6.07) is 9.54. The molecule has 0 N–H and O–H groups in total. The first kappa shape index (κ1) is 19.4. The number of fused-ring (bicyclic) bond motifs is 1. The van der Waals surface area contributed by atoms with Gasteiger partial charge in [0.05, 0.1) is 15.8 Å². The number of aryl methyl sites for hydroxylation is 1. The van der Waals surface area contributed by atoms with Crippen molar-refractivity contribution < 1.29 is 4.52 Å². The normalized spacial score (nSPS) is 11.4. The van der Waals surface area contributed by atoms with Crippen LogP contribution < -0.4 is 5.56 Å². The summed E-state index contributed by atoms with van der Waals surface area (Å²) in [5.74, 6) is 2.08. The Kier molecular flexibility index (Phi) is 5.93. The lowest BCUT2D eigenvalue weighted by Gasteiger charge is -2.11. The Labute approximate surface area is 178 Å². The summed E-state index contributed by atoms with van der Waals surface area (Å²) in [6.45, 7) is 2.55. The van der Waals surface area contributed by atoms with Gasteiger partial charge in [0.1, 0.15) is 0 Å². The molecule has 0 aliphatic rings. The molecule has 0 fully saturated rings. The van der Waals surface area contributed by atoms with Crippen LogP contribution in [-0.4, -0.2) is 25.4 Å².